The first-order chi connectivity index (χ1) is 18.0. The topological polar surface area (TPSA) is 172 Å². The van der Waals surface area contributed by atoms with Crippen molar-refractivity contribution in [3.63, 3.8) is 0 Å². The number of aromatic nitrogens is 3. The van der Waals surface area contributed by atoms with Gasteiger partial charge in [0.25, 0.3) is 0 Å². The summed E-state index contributed by atoms with van der Waals surface area (Å²) < 4.78 is 43.4. The normalized spacial score (nSPS) is 27.3. The Morgan fingerprint density at radius 2 is 2.05 bits per heavy atom. The number of nitrogen functional groups attached to an aromatic ring is 1. The Morgan fingerprint density at radius 3 is 2.74 bits per heavy atom. The number of rotatable bonds is 11. The van der Waals surface area contributed by atoms with Crippen molar-refractivity contribution in [2.45, 2.75) is 83.2 Å². The van der Waals surface area contributed by atoms with E-state index >= 15 is 0 Å². The lowest BCUT2D eigenvalue weighted by Gasteiger charge is -2.28. The molecule has 3 N–H and O–H groups in total. The summed E-state index contributed by atoms with van der Waals surface area (Å²) in [4.78, 5) is 16.3. The second-order valence-electron chi connectivity index (χ2n) is 9.90. The predicted molar refractivity (Wildman–Crippen MR) is 135 cm³/mol. The zero-order chi connectivity index (χ0) is 27.7. The van der Waals surface area contributed by atoms with Gasteiger partial charge >= 0.3 is 14.1 Å². The quantitative estimate of drug-likeness (QED) is 0.310. The molecule has 2 aromatic rings. The van der Waals surface area contributed by atoms with Crippen molar-refractivity contribution in [2.75, 3.05) is 18.9 Å². The molecule has 14 heteroatoms. The molecule has 206 valence electrons. The second-order valence-corrected chi connectivity index (χ2v) is 10.9. The summed E-state index contributed by atoms with van der Waals surface area (Å²) in [7, 11) is -2.46. The Morgan fingerprint density at radius 1 is 1.32 bits per heavy atom. The number of carbonyl (C=O) groups excluding carboxylic acids is 1. The van der Waals surface area contributed by atoms with Crippen LogP contribution in [0.1, 0.15) is 53.2 Å². The number of esters is 1. The molecule has 0 amide bonds. The Hall–Kier alpha value is -2.72. The van der Waals surface area contributed by atoms with Crippen LogP contribution < -0.4 is 10.8 Å². The highest BCUT2D eigenvalue weighted by atomic mass is 31.1. The molecule has 2 aromatic heterocycles. The molecule has 0 aliphatic carbocycles. The molecular formula is C24H34N6O7P+. The van der Waals surface area contributed by atoms with Gasteiger partial charge in [-0.05, 0) is 43.4 Å². The van der Waals surface area contributed by atoms with E-state index in [0.717, 1.165) is 12.8 Å². The second kappa shape index (κ2) is 11.2. The number of ether oxygens (including phenoxy) is 4. The van der Waals surface area contributed by atoms with E-state index in [1.807, 2.05) is 13.8 Å². The van der Waals surface area contributed by atoms with Crippen LogP contribution in [0.25, 0.3) is 5.52 Å². The SMILES string of the molecule is CCC(CC)COC(=O)[C@H](C)N[P+](=O)OC[C@H]1O[C@@](C#N)(c2ccc3c(N)ncnn23)[C@@H]2OC(C)(C)O[C@@H]21. The summed E-state index contributed by atoms with van der Waals surface area (Å²) in [5, 5.41) is 17.2. The molecule has 0 radical (unpaired) electrons. The summed E-state index contributed by atoms with van der Waals surface area (Å²) in [6, 6.07) is 4.77. The average molecular weight is 550 g/mol. The van der Waals surface area contributed by atoms with Crippen LogP contribution in [-0.2, 0) is 38.4 Å². The zero-order valence-corrected chi connectivity index (χ0v) is 23.0. The molecule has 2 saturated heterocycles. The minimum atomic E-state index is -2.46. The maximum Gasteiger partial charge on any atom is 0.613 e. The minimum Gasteiger partial charge on any atom is -0.464 e. The van der Waals surface area contributed by atoms with E-state index in [1.54, 1.807) is 32.9 Å². The third-order valence-electron chi connectivity index (χ3n) is 6.89. The van der Waals surface area contributed by atoms with Gasteiger partial charge in [-0.3, -0.25) is 4.79 Å². The van der Waals surface area contributed by atoms with E-state index in [1.165, 1.54) is 10.8 Å². The molecule has 0 bridgehead atoms. The van der Waals surface area contributed by atoms with Gasteiger partial charge in [0, 0.05) is 0 Å². The van der Waals surface area contributed by atoms with Crippen LogP contribution in [0.4, 0.5) is 5.82 Å². The van der Waals surface area contributed by atoms with E-state index in [9.17, 15) is 14.6 Å². The van der Waals surface area contributed by atoms with Gasteiger partial charge in [0.1, 0.15) is 48.9 Å². The third-order valence-corrected chi connectivity index (χ3v) is 7.87. The first-order valence-corrected chi connectivity index (χ1v) is 13.8. The number of nitrogens with zero attached hydrogens (tertiary/aromatic N) is 4. The van der Waals surface area contributed by atoms with Crippen LogP contribution in [0.15, 0.2) is 18.5 Å². The molecule has 6 atom stereocenters. The van der Waals surface area contributed by atoms with Gasteiger partial charge in [0.15, 0.2) is 11.6 Å². The number of fused-ring (bicyclic) bond motifs is 2. The van der Waals surface area contributed by atoms with Crippen LogP contribution in [0.5, 0.6) is 0 Å². The van der Waals surface area contributed by atoms with Crippen LogP contribution in [0, 0.1) is 17.2 Å². The maximum absolute atomic E-state index is 12.6. The number of nitrogens with one attached hydrogen (secondary N) is 1. The number of anilines is 1. The van der Waals surface area contributed by atoms with Crippen molar-refractivity contribution in [2.24, 2.45) is 5.92 Å². The minimum absolute atomic E-state index is 0.192. The molecule has 13 nitrogen and oxygen atoms in total. The van der Waals surface area contributed by atoms with Crippen LogP contribution >= 0.6 is 8.18 Å². The highest BCUT2D eigenvalue weighted by molar-refractivity contribution is 7.36. The summed E-state index contributed by atoms with van der Waals surface area (Å²) in [5.41, 5.74) is 5.25. The highest BCUT2D eigenvalue weighted by Gasteiger charge is 2.65. The number of nitriles is 1. The average Bonchev–Trinajstić information content (AvgIpc) is 3.54. The number of hydrogen-bond acceptors (Lipinski definition) is 11. The van der Waals surface area contributed by atoms with Gasteiger partial charge in [0.05, 0.1) is 12.3 Å². The Labute approximate surface area is 221 Å². The van der Waals surface area contributed by atoms with E-state index < -0.39 is 49.9 Å². The predicted octanol–water partition coefficient (Wildman–Crippen LogP) is 2.58. The summed E-state index contributed by atoms with van der Waals surface area (Å²) in [6.07, 6.45) is 0.726. The zero-order valence-electron chi connectivity index (χ0n) is 22.1. The Bertz CT molecular complexity index is 1230. The lowest BCUT2D eigenvalue weighted by molar-refractivity contribution is -0.203. The fraction of sp³-hybridized carbons (Fsp3) is 0.667. The van der Waals surface area contributed by atoms with Gasteiger partial charge in [-0.15, -0.1) is 4.52 Å². The summed E-state index contributed by atoms with van der Waals surface area (Å²) in [6.45, 7) is 9.21. The van der Waals surface area contributed by atoms with Crippen LogP contribution in [0.3, 0.4) is 0 Å². The first-order valence-electron chi connectivity index (χ1n) is 12.6. The maximum atomic E-state index is 12.6. The molecule has 4 rings (SSSR count). The summed E-state index contributed by atoms with van der Waals surface area (Å²) >= 11 is 0. The molecule has 2 fully saturated rings. The molecule has 4 heterocycles. The number of carbonyl (C=O) groups is 1. The van der Waals surface area contributed by atoms with Crippen LogP contribution in [-0.4, -0.2) is 63.9 Å². The van der Waals surface area contributed by atoms with E-state index in [2.05, 4.69) is 21.2 Å². The van der Waals surface area contributed by atoms with E-state index in [-0.39, 0.29) is 18.3 Å². The van der Waals surface area contributed by atoms with E-state index in [4.69, 9.17) is 29.2 Å². The van der Waals surface area contributed by atoms with Crippen molar-refractivity contribution in [1.82, 2.24) is 19.7 Å². The van der Waals surface area contributed by atoms with Crippen LogP contribution in [0.2, 0.25) is 0 Å². The monoisotopic (exact) mass is 549 g/mol. The third kappa shape index (κ3) is 5.38. The molecular weight excluding hydrogens is 515 g/mol. The number of nitrogens with two attached hydrogens (primary N) is 1. The standard InChI is InChI=1S/C24H34N6O7P/c1-6-15(7-2)10-33-22(31)14(3)29-38(32)34-11-17-19-20(37-23(4,5)36-19)24(12-25,35-17)18-9-8-16-21(26)27-13-28-30(16)18/h8-9,13-15,17,19-20H,6-7,10-11H2,1-5H3,(H,29,32)(H2,26,27,28)/q+1/t14-,17+,19+,20+,24-/m0/s1. The van der Waals surface area contributed by atoms with Crippen molar-refractivity contribution in [3.8, 4) is 6.07 Å². The first kappa shape index (κ1) is 28.3. The lowest BCUT2D eigenvalue weighted by Crippen LogP contribution is -2.40. The van der Waals surface area contributed by atoms with Gasteiger partial charge < -0.3 is 24.7 Å². The highest BCUT2D eigenvalue weighted by Crippen LogP contribution is 2.49. The largest absolute Gasteiger partial charge is 0.613 e. The van der Waals surface area contributed by atoms with Crippen molar-refractivity contribution >= 4 is 25.5 Å². The molecule has 0 spiro atoms. The van der Waals surface area contributed by atoms with Gasteiger partial charge in [-0.2, -0.15) is 10.4 Å². The smallest absolute Gasteiger partial charge is 0.464 e. The molecule has 1 unspecified atom stereocenters. The van der Waals surface area contributed by atoms with Gasteiger partial charge in [0.2, 0.25) is 5.60 Å². The Balaban J connectivity index is 1.46. The molecule has 0 saturated carbocycles. The fourth-order valence-electron chi connectivity index (χ4n) is 4.70. The molecule has 0 aromatic carbocycles. The van der Waals surface area contributed by atoms with Crippen molar-refractivity contribution in [3.05, 3.63) is 24.2 Å². The molecule has 2 aliphatic rings. The lowest BCUT2D eigenvalue weighted by atomic mass is 9.92. The summed E-state index contributed by atoms with van der Waals surface area (Å²) in [5.74, 6) is -0.996. The fourth-order valence-corrected chi connectivity index (χ4v) is 5.48. The van der Waals surface area contributed by atoms with Gasteiger partial charge in [-0.25, -0.2) is 9.50 Å². The van der Waals surface area contributed by atoms with Gasteiger partial charge in [-0.1, -0.05) is 31.8 Å². The van der Waals surface area contributed by atoms with E-state index in [0.29, 0.717) is 17.8 Å². The molecule has 2 aliphatic heterocycles. The van der Waals surface area contributed by atoms with Crippen molar-refractivity contribution in [1.29, 1.82) is 5.26 Å². The molecule has 38 heavy (non-hydrogen) atoms. The van der Waals surface area contributed by atoms with Crippen molar-refractivity contribution < 1.29 is 32.8 Å². The Kier molecular flexibility index (Phi) is 8.32. The number of hydrogen-bond donors (Lipinski definition) is 2.